The summed E-state index contributed by atoms with van der Waals surface area (Å²) in [5, 5.41) is 13.3. The first kappa shape index (κ1) is 16.3. The van der Waals surface area contributed by atoms with Gasteiger partial charge in [-0.2, -0.15) is 0 Å². The van der Waals surface area contributed by atoms with E-state index in [4.69, 9.17) is 0 Å². The normalized spacial score (nSPS) is 10.9. The predicted molar refractivity (Wildman–Crippen MR) is 93.5 cm³/mol. The van der Waals surface area contributed by atoms with Crippen LogP contribution in [-0.2, 0) is 11.3 Å². The van der Waals surface area contributed by atoms with Gasteiger partial charge in [0, 0.05) is 24.8 Å². The third-order valence-electron chi connectivity index (χ3n) is 3.49. The number of aromatic nitrogens is 2. The molecule has 124 valence electrons. The van der Waals surface area contributed by atoms with Crippen molar-refractivity contribution in [1.29, 1.82) is 0 Å². The lowest BCUT2D eigenvalue weighted by molar-refractivity contribution is -0.384. The summed E-state index contributed by atoms with van der Waals surface area (Å²) < 4.78 is 0. The molecule has 25 heavy (non-hydrogen) atoms. The van der Waals surface area contributed by atoms with E-state index in [2.05, 4.69) is 15.3 Å². The summed E-state index contributed by atoms with van der Waals surface area (Å²) in [6, 6.07) is 13.5. The lowest BCUT2D eigenvalue weighted by Crippen LogP contribution is -2.20. The number of non-ortho nitro benzene ring substituents is 1. The summed E-state index contributed by atoms with van der Waals surface area (Å²) in [4.78, 5) is 30.7. The zero-order chi connectivity index (χ0) is 17.6. The van der Waals surface area contributed by atoms with Crippen LogP contribution in [0.25, 0.3) is 17.1 Å². The highest BCUT2D eigenvalue weighted by Gasteiger charge is 2.04. The molecule has 1 amide bonds. The van der Waals surface area contributed by atoms with Gasteiger partial charge in [0.15, 0.2) is 0 Å². The van der Waals surface area contributed by atoms with Crippen LogP contribution in [0.2, 0.25) is 0 Å². The van der Waals surface area contributed by atoms with Crippen LogP contribution >= 0.6 is 0 Å². The topological polar surface area (TPSA) is 98.0 Å². The van der Waals surface area contributed by atoms with Crippen molar-refractivity contribution in [2.45, 2.75) is 6.54 Å². The number of rotatable bonds is 5. The third kappa shape index (κ3) is 4.23. The van der Waals surface area contributed by atoms with Gasteiger partial charge in [-0.05, 0) is 23.8 Å². The maximum absolute atomic E-state index is 11.9. The number of fused-ring (bicyclic) bond motifs is 1. The van der Waals surface area contributed by atoms with Gasteiger partial charge in [-0.15, -0.1) is 0 Å². The number of amides is 1. The van der Waals surface area contributed by atoms with E-state index >= 15 is 0 Å². The lowest BCUT2D eigenvalue weighted by Gasteiger charge is -2.02. The summed E-state index contributed by atoms with van der Waals surface area (Å²) in [5.41, 5.74) is 2.94. The Morgan fingerprint density at radius 3 is 2.56 bits per heavy atom. The first-order valence-electron chi connectivity index (χ1n) is 7.53. The van der Waals surface area contributed by atoms with Crippen LogP contribution in [-0.4, -0.2) is 20.8 Å². The molecule has 3 aromatic rings. The number of nitro groups is 1. The summed E-state index contributed by atoms with van der Waals surface area (Å²) >= 11 is 0. The van der Waals surface area contributed by atoms with Crippen molar-refractivity contribution in [1.82, 2.24) is 15.3 Å². The fraction of sp³-hybridized carbons (Fsp3) is 0.0556. The number of nitrogens with one attached hydrogen (secondary N) is 1. The number of hydrogen-bond donors (Lipinski definition) is 1. The summed E-state index contributed by atoms with van der Waals surface area (Å²) in [6.45, 7) is 0.282. The second-order valence-electron chi connectivity index (χ2n) is 5.26. The van der Waals surface area contributed by atoms with Crippen LogP contribution in [0.15, 0.2) is 60.8 Å². The van der Waals surface area contributed by atoms with Crippen LogP contribution in [0.4, 0.5) is 5.69 Å². The molecule has 3 rings (SSSR count). The Kier molecular flexibility index (Phi) is 4.75. The Hall–Kier alpha value is -3.61. The minimum absolute atomic E-state index is 0.0184. The molecule has 0 aliphatic heterocycles. The molecule has 0 radical (unpaired) electrons. The van der Waals surface area contributed by atoms with Crippen molar-refractivity contribution in [3.63, 3.8) is 0 Å². The number of carbonyl (C=O) groups is 1. The molecule has 1 heterocycles. The van der Waals surface area contributed by atoms with Gasteiger partial charge in [0.1, 0.15) is 0 Å². The molecule has 0 saturated heterocycles. The Balaban J connectivity index is 1.59. The van der Waals surface area contributed by atoms with Crippen LogP contribution in [0.3, 0.4) is 0 Å². The molecule has 0 saturated carbocycles. The van der Waals surface area contributed by atoms with Crippen molar-refractivity contribution in [3.8, 4) is 0 Å². The summed E-state index contributed by atoms with van der Waals surface area (Å²) in [6.07, 6.45) is 4.57. The number of hydrogen-bond acceptors (Lipinski definition) is 5. The van der Waals surface area contributed by atoms with Crippen molar-refractivity contribution >= 4 is 28.7 Å². The second kappa shape index (κ2) is 7.31. The van der Waals surface area contributed by atoms with Gasteiger partial charge < -0.3 is 5.32 Å². The van der Waals surface area contributed by atoms with E-state index < -0.39 is 4.92 Å². The maximum Gasteiger partial charge on any atom is 0.269 e. The number of para-hydroxylation sites is 2. The quantitative estimate of drug-likeness (QED) is 0.439. The Morgan fingerprint density at radius 2 is 1.84 bits per heavy atom. The van der Waals surface area contributed by atoms with E-state index in [1.54, 1.807) is 24.4 Å². The molecule has 2 aromatic carbocycles. The molecule has 7 nitrogen and oxygen atoms in total. The number of carbonyl (C=O) groups excluding carboxylic acids is 1. The zero-order valence-electron chi connectivity index (χ0n) is 13.1. The van der Waals surface area contributed by atoms with Gasteiger partial charge in [-0.1, -0.05) is 24.3 Å². The molecular weight excluding hydrogens is 320 g/mol. The maximum atomic E-state index is 11.9. The van der Waals surface area contributed by atoms with Crippen molar-refractivity contribution in [2.24, 2.45) is 0 Å². The number of nitrogens with zero attached hydrogens (tertiary/aromatic N) is 3. The highest BCUT2D eigenvalue weighted by Crippen LogP contribution is 2.12. The van der Waals surface area contributed by atoms with Crippen molar-refractivity contribution in [2.75, 3.05) is 0 Å². The van der Waals surface area contributed by atoms with Gasteiger partial charge in [-0.3, -0.25) is 19.9 Å². The molecule has 0 spiro atoms. The monoisotopic (exact) mass is 334 g/mol. The van der Waals surface area contributed by atoms with E-state index in [0.29, 0.717) is 5.69 Å². The summed E-state index contributed by atoms with van der Waals surface area (Å²) in [7, 11) is 0. The second-order valence-corrected chi connectivity index (χ2v) is 5.26. The van der Waals surface area contributed by atoms with Crippen LogP contribution in [0.5, 0.6) is 0 Å². The molecule has 7 heteroatoms. The average Bonchev–Trinajstić information content (AvgIpc) is 2.65. The molecule has 1 aromatic heterocycles. The van der Waals surface area contributed by atoms with E-state index in [1.165, 1.54) is 18.2 Å². The molecule has 1 N–H and O–H groups in total. The molecule has 0 unspecified atom stereocenters. The summed E-state index contributed by atoms with van der Waals surface area (Å²) in [5.74, 6) is -0.284. The fourth-order valence-electron chi connectivity index (χ4n) is 2.20. The first-order valence-corrected chi connectivity index (χ1v) is 7.53. The van der Waals surface area contributed by atoms with Crippen LogP contribution in [0, 0.1) is 10.1 Å². The Labute approximate surface area is 143 Å². The van der Waals surface area contributed by atoms with E-state index in [0.717, 1.165) is 16.6 Å². The van der Waals surface area contributed by atoms with Crippen molar-refractivity contribution < 1.29 is 9.72 Å². The molecule has 0 bridgehead atoms. The van der Waals surface area contributed by atoms with Gasteiger partial charge in [0.25, 0.3) is 5.69 Å². The molecule has 0 fully saturated rings. The van der Waals surface area contributed by atoms with Crippen LogP contribution in [0.1, 0.15) is 11.3 Å². The van der Waals surface area contributed by atoms with E-state index in [-0.39, 0.29) is 18.1 Å². The standard InChI is InChI=1S/C18H14N4O3/c23-18(20-11-13-5-8-15(9-6-13)22(24)25)10-7-14-12-19-16-3-1-2-4-17(16)21-14/h1-10,12H,11H2,(H,20,23). The van der Waals surface area contributed by atoms with Gasteiger partial charge in [-0.25, -0.2) is 4.98 Å². The highest BCUT2D eigenvalue weighted by molar-refractivity contribution is 5.91. The SMILES string of the molecule is O=C(C=Cc1cnc2ccccc2n1)NCc1ccc([N+](=O)[O-])cc1. The lowest BCUT2D eigenvalue weighted by atomic mass is 10.2. The average molecular weight is 334 g/mol. The smallest absolute Gasteiger partial charge is 0.269 e. The van der Waals surface area contributed by atoms with E-state index in [9.17, 15) is 14.9 Å². The zero-order valence-corrected chi connectivity index (χ0v) is 13.1. The van der Waals surface area contributed by atoms with Crippen LogP contribution < -0.4 is 5.32 Å². The third-order valence-corrected chi connectivity index (χ3v) is 3.49. The number of nitro benzene ring substituents is 1. The molecule has 0 aliphatic rings. The minimum atomic E-state index is -0.463. The van der Waals surface area contributed by atoms with Gasteiger partial charge in [0.2, 0.25) is 5.91 Å². The molecule has 0 aliphatic carbocycles. The Morgan fingerprint density at radius 1 is 1.12 bits per heavy atom. The predicted octanol–water partition coefficient (Wildman–Crippen LogP) is 2.87. The highest BCUT2D eigenvalue weighted by atomic mass is 16.6. The fourth-order valence-corrected chi connectivity index (χ4v) is 2.20. The minimum Gasteiger partial charge on any atom is -0.348 e. The number of benzene rings is 2. The Bertz CT molecular complexity index is 952. The molecule has 0 atom stereocenters. The largest absolute Gasteiger partial charge is 0.348 e. The van der Waals surface area contributed by atoms with Gasteiger partial charge in [0.05, 0.1) is 27.8 Å². The first-order chi connectivity index (χ1) is 12.1. The molecular formula is C18H14N4O3. The van der Waals surface area contributed by atoms with E-state index in [1.807, 2.05) is 24.3 Å². The van der Waals surface area contributed by atoms with Crippen molar-refractivity contribution in [3.05, 3.63) is 82.2 Å². The van der Waals surface area contributed by atoms with Gasteiger partial charge >= 0.3 is 0 Å².